The number of nitrogens with zero attached hydrogens (tertiary/aromatic N) is 3. The van der Waals surface area contributed by atoms with E-state index in [0.717, 1.165) is 24.9 Å². The number of imidazole rings is 1. The van der Waals surface area contributed by atoms with Gasteiger partial charge in [-0.05, 0) is 66.5 Å². The van der Waals surface area contributed by atoms with Crippen LogP contribution in [-0.2, 0) is 4.74 Å². The third kappa shape index (κ3) is 3.74. The number of rotatable bonds is 4. The fourth-order valence-corrected chi connectivity index (χ4v) is 6.86. The summed E-state index contributed by atoms with van der Waals surface area (Å²) in [5.41, 5.74) is 6.37. The number of amides is 1. The van der Waals surface area contributed by atoms with Crippen molar-refractivity contribution in [3.05, 3.63) is 95.9 Å². The fourth-order valence-electron chi connectivity index (χ4n) is 6.86. The molecule has 7 rings (SSSR count). The minimum atomic E-state index is -0.235. The number of Topliss-reactive ketones (excluding diaryl/α,β-unsaturated/α-hetero) is 1. The Kier molecular flexibility index (Phi) is 5.34. The maximum Gasteiger partial charge on any atom is 0.410 e. The van der Waals surface area contributed by atoms with Gasteiger partial charge >= 0.3 is 6.09 Å². The van der Waals surface area contributed by atoms with Crippen LogP contribution in [0.3, 0.4) is 0 Å². The van der Waals surface area contributed by atoms with Crippen molar-refractivity contribution in [3.8, 4) is 11.1 Å². The molecule has 4 aromatic rings. The molecule has 6 heteroatoms. The van der Waals surface area contributed by atoms with Gasteiger partial charge in [0, 0.05) is 48.1 Å². The van der Waals surface area contributed by atoms with Crippen LogP contribution >= 0.6 is 0 Å². The molecule has 2 aromatic carbocycles. The maximum atomic E-state index is 13.5. The zero-order chi connectivity index (χ0) is 24.9. The van der Waals surface area contributed by atoms with E-state index in [4.69, 9.17) is 4.74 Å². The highest BCUT2D eigenvalue weighted by molar-refractivity contribution is 5.98. The summed E-state index contributed by atoms with van der Waals surface area (Å²) in [5, 5.41) is 0. The topological polar surface area (TPSA) is 63.9 Å². The molecule has 2 bridgehead atoms. The molecule has 4 heterocycles. The van der Waals surface area contributed by atoms with Gasteiger partial charge in [0.1, 0.15) is 12.3 Å². The van der Waals surface area contributed by atoms with Gasteiger partial charge in [0.2, 0.25) is 0 Å². The highest BCUT2D eigenvalue weighted by atomic mass is 16.6. The van der Waals surface area contributed by atoms with E-state index < -0.39 is 0 Å². The second-order valence-corrected chi connectivity index (χ2v) is 10.6. The Morgan fingerprint density at radius 2 is 1.57 bits per heavy atom. The molecule has 0 saturated carbocycles. The predicted octanol–water partition coefficient (Wildman–Crippen LogP) is 6.10. The highest BCUT2D eigenvalue weighted by Gasteiger charge is 2.44. The van der Waals surface area contributed by atoms with E-state index in [1.54, 1.807) is 6.20 Å². The van der Waals surface area contributed by atoms with E-state index in [2.05, 4.69) is 53.5 Å². The lowest BCUT2D eigenvalue weighted by atomic mass is 9.76. The lowest BCUT2D eigenvalue weighted by molar-refractivity contribution is 0.00651. The Morgan fingerprint density at radius 1 is 0.892 bits per heavy atom. The van der Waals surface area contributed by atoms with Crippen molar-refractivity contribution in [1.29, 1.82) is 0 Å². The fraction of sp³-hybridized carbons (Fsp3) is 0.323. The Hall–Kier alpha value is -3.93. The van der Waals surface area contributed by atoms with Gasteiger partial charge in [0.15, 0.2) is 5.78 Å². The van der Waals surface area contributed by atoms with Crippen LogP contribution in [0.5, 0.6) is 0 Å². The second kappa shape index (κ2) is 8.87. The number of carbonyl (C=O) groups is 2. The lowest BCUT2D eigenvalue weighted by Gasteiger charge is -2.47. The molecule has 2 atom stereocenters. The number of hydrogen-bond acceptors (Lipinski definition) is 4. The summed E-state index contributed by atoms with van der Waals surface area (Å²) >= 11 is 0. The van der Waals surface area contributed by atoms with Crippen molar-refractivity contribution >= 4 is 17.5 Å². The number of piperidine rings is 2. The number of ether oxygens (including phenoxy) is 1. The number of fused-ring (bicyclic) bond motifs is 6. The number of hydrogen-bond donors (Lipinski definition) is 0. The van der Waals surface area contributed by atoms with E-state index in [0.29, 0.717) is 25.0 Å². The van der Waals surface area contributed by atoms with Gasteiger partial charge in [-0.3, -0.25) is 4.79 Å². The molecular weight excluding hydrogens is 462 g/mol. The van der Waals surface area contributed by atoms with Gasteiger partial charge in [-0.15, -0.1) is 0 Å². The normalized spacial score (nSPS) is 22.5. The van der Waals surface area contributed by atoms with Crippen LogP contribution in [0.1, 0.15) is 59.5 Å². The van der Waals surface area contributed by atoms with Gasteiger partial charge < -0.3 is 14.0 Å². The molecule has 186 valence electrons. The SMILES string of the molecule is O=C(c1ccn2ccnc2c1)C1CC2CCCC(C1)N2C(=O)OCC1c2ccccc2-c2ccccc21. The number of pyridine rings is 1. The summed E-state index contributed by atoms with van der Waals surface area (Å²) in [7, 11) is 0. The van der Waals surface area contributed by atoms with Crippen LogP contribution in [0.2, 0.25) is 0 Å². The first-order valence-electron chi connectivity index (χ1n) is 13.3. The lowest BCUT2D eigenvalue weighted by Crippen LogP contribution is -2.55. The molecule has 0 radical (unpaired) electrons. The monoisotopic (exact) mass is 491 g/mol. The quantitative estimate of drug-likeness (QED) is 0.324. The van der Waals surface area contributed by atoms with E-state index in [1.807, 2.05) is 33.8 Å². The summed E-state index contributed by atoms with van der Waals surface area (Å²) in [6.07, 6.45) is 9.58. The predicted molar refractivity (Wildman–Crippen MR) is 141 cm³/mol. The Balaban J connectivity index is 1.07. The molecule has 2 aliphatic heterocycles. The van der Waals surface area contributed by atoms with Gasteiger partial charge in [-0.25, -0.2) is 9.78 Å². The van der Waals surface area contributed by atoms with Crippen LogP contribution in [0.25, 0.3) is 16.8 Å². The molecule has 6 nitrogen and oxygen atoms in total. The molecule has 2 aromatic heterocycles. The third-order valence-electron chi connectivity index (χ3n) is 8.57. The van der Waals surface area contributed by atoms with Crippen LogP contribution in [0.15, 0.2) is 79.3 Å². The Bertz CT molecular complexity index is 1450. The number of aromatic nitrogens is 2. The summed E-state index contributed by atoms with van der Waals surface area (Å²) in [6, 6.07) is 20.6. The van der Waals surface area contributed by atoms with Crippen molar-refractivity contribution in [1.82, 2.24) is 14.3 Å². The molecule has 0 spiro atoms. The molecule has 2 unspecified atom stereocenters. The van der Waals surface area contributed by atoms with Crippen LogP contribution in [-0.4, -0.2) is 44.9 Å². The van der Waals surface area contributed by atoms with Crippen LogP contribution in [0.4, 0.5) is 4.79 Å². The Morgan fingerprint density at radius 3 is 2.27 bits per heavy atom. The van der Waals surface area contributed by atoms with Gasteiger partial charge in [0.05, 0.1) is 0 Å². The molecule has 0 N–H and O–H groups in total. The molecule has 2 fully saturated rings. The highest BCUT2D eigenvalue weighted by Crippen LogP contribution is 2.45. The van der Waals surface area contributed by atoms with Crippen molar-refractivity contribution in [3.63, 3.8) is 0 Å². The van der Waals surface area contributed by atoms with Crippen molar-refractivity contribution < 1.29 is 14.3 Å². The average molecular weight is 492 g/mol. The summed E-state index contributed by atoms with van der Waals surface area (Å²) < 4.78 is 7.93. The number of ketones is 1. The summed E-state index contributed by atoms with van der Waals surface area (Å²) in [5.74, 6) is 0.132. The maximum absolute atomic E-state index is 13.5. The van der Waals surface area contributed by atoms with Crippen molar-refractivity contribution in [2.75, 3.05) is 6.61 Å². The summed E-state index contributed by atoms with van der Waals surface area (Å²) in [6.45, 7) is 0.329. The Labute approximate surface area is 215 Å². The van der Waals surface area contributed by atoms with E-state index in [-0.39, 0.29) is 35.8 Å². The standard InChI is InChI=1S/C31H29N3O3/c35-30(20-12-14-33-15-13-32-29(33)18-20)21-16-22-6-5-7-23(17-21)34(22)31(36)37-19-28-26-10-3-1-8-24(26)25-9-2-4-11-27(25)28/h1-4,8-15,18,21-23,28H,5-7,16-17,19H2. The van der Waals surface area contributed by atoms with Crippen molar-refractivity contribution in [2.45, 2.75) is 50.1 Å². The minimum Gasteiger partial charge on any atom is -0.448 e. The van der Waals surface area contributed by atoms with Crippen LogP contribution in [0, 0.1) is 5.92 Å². The molecular formula is C31H29N3O3. The third-order valence-corrected chi connectivity index (χ3v) is 8.57. The molecule has 2 saturated heterocycles. The van der Waals surface area contributed by atoms with E-state index in [9.17, 15) is 9.59 Å². The number of carbonyl (C=O) groups excluding carboxylic acids is 2. The van der Waals surface area contributed by atoms with Gasteiger partial charge in [-0.2, -0.15) is 0 Å². The first-order valence-corrected chi connectivity index (χ1v) is 13.3. The van der Waals surface area contributed by atoms with Crippen LogP contribution < -0.4 is 0 Å². The average Bonchev–Trinajstić information content (AvgIpc) is 3.53. The molecule has 1 aliphatic carbocycles. The first kappa shape index (κ1) is 22.3. The zero-order valence-corrected chi connectivity index (χ0v) is 20.6. The summed E-state index contributed by atoms with van der Waals surface area (Å²) in [4.78, 5) is 33.2. The van der Waals surface area contributed by atoms with Gasteiger partial charge in [-0.1, -0.05) is 48.5 Å². The first-order chi connectivity index (χ1) is 18.2. The smallest absolute Gasteiger partial charge is 0.410 e. The van der Waals surface area contributed by atoms with Gasteiger partial charge in [0.25, 0.3) is 0 Å². The minimum absolute atomic E-state index is 0.0484. The molecule has 3 aliphatic rings. The molecule has 1 amide bonds. The molecule has 37 heavy (non-hydrogen) atoms. The van der Waals surface area contributed by atoms with Crippen molar-refractivity contribution in [2.24, 2.45) is 5.92 Å². The van der Waals surface area contributed by atoms with E-state index in [1.165, 1.54) is 22.3 Å². The largest absolute Gasteiger partial charge is 0.448 e. The zero-order valence-electron chi connectivity index (χ0n) is 20.6. The second-order valence-electron chi connectivity index (χ2n) is 10.6. The number of benzene rings is 2. The van der Waals surface area contributed by atoms with E-state index >= 15 is 0 Å².